The number of aliphatic carboxylic acids is 1. The molecule has 0 saturated heterocycles. The molecule has 1 aromatic rings. The number of hydrogen-bond acceptors (Lipinski definition) is 5. The first-order valence-electron chi connectivity index (χ1n) is 6.16. The number of nitrogens with zero attached hydrogens (tertiary/aromatic N) is 1. The zero-order valence-electron chi connectivity index (χ0n) is 12.1. The van der Waals surface area contributed by atoms with Gasteiger partial charge in [0.15, 0.2) is 3.55 Å². The molecule has 0 amide bonds. The summed E-state index contributed by atoms with van der Waals surface area (Å²) in [5.41, 5.74) is -0.515. The van der Waals surface area contributed by atoms with Crippen LogP contribution < -0.4 is 0 Å². The largest absolute Gasteiger partial charge is 0.508 e. The van der Waals surface area contributed by atoms with Crippen molar-refractivity contribution in [2.45, 2.75) is 22.8 Å². The van der Waals surface area contributed by atoms with E-state index in [-0.39, 0.29) is 5.75 Å². The van der Waals surface area contributed by atoms with Gasteiger partial charge in [0, 0.05) is 32.6 Å². The van der Waals surface area contributed by atoms with E-state index in [2.05, 4.69) is 0 Å². The van der Waals surface area contributed by atoms with Crippen LogP contribution in [0.25, 0.3) is 0 Å². The van der Waals surface area contributed by atoms with Crippen LogP contribution in [0.5, 0.6) is 5.75 Å². The van der Waals surface area contributed by atoms with Gasteiger partial charge in [-0.05, 0) is 61.2 Å². The number of carboxylic acids is 1. The number of carbonyl (C=O) groups is 1. The van der Waals surface area contributed by atoms with Crippen molar-refractivity contribution in [1.29, 1.82) is 0 Å². The number of phenols is 1. The Morgan fingerprint density at radius 2 is 1.59 bits per heavy atom. The molecule has 0 bridgehead atoms. The highest BCUT2D eigenvalue weighted by molar-refractivity contribution is 14.1. The van der Waals surface area contributed by atoms with Crippen LogP contribution in [0.2, 0.25) is 0 Å². The van der Waals surface area contributed by atoms with Gasteiger partial charge < -0.3 is 10.2 Å². The number of phenolic OH excluding ortho intramolecular Hbond substituents is 1. The first kappa shape index (κ1) is 20.1. The number of rotatable bonds is 6. The van der Waals surface area contributed by atoms with Crippen LogP contribution in [-0.4, -0.2) is 39.6 Å². The highest BCUT2D eigenvalue weighted by Crippen LogP contribution is 2.48. The van der Waals surface area contributed by atoms with Gasteiger partial charge in [0.1, 0.15) is 5.75 Å². The molecule has 0 radical (unpaired) electrons. The summed E-state index contributed by atoms with van der Waals surface area (Å²) in [5, 5.41) is 19.5. The molecule has 0 saturated carbocycles. The maximum atomic E-state index is 12.1. The molecule has 8 heteroatoms. The number of thiocarbonyl (C=S) groups is 2. The Morgan fingerprint density at radius 1 is 1.18 bits per heavy atom. The fourth-order valence-corrected chi connectivity index (χ4v) is 5.50. The Hall–Kier alpha value is 0.0900. The third-order valence-corrected chi connectivity index (χ3v) is 7.81. The molecule has 22 heavy (non-hydrogen) atoms. The number of aromatic hydroxyl groups is 1. The predicted molar refractivity (Wildman–Crippen MR) is 112 cm³/mol. The predicted octanol–water partition coefficient (Wildman–Crippen LogP) is 3.91. The number of alkyl halides is 1. The lowest BCUT2D eigenvalue weighted by atomic mass is 9.69. The third-order valence-electron chi connectivity index (χ3n) is 3.56. The Balaban J connectivity index is 3.88. The van der Waals surface area contributed by atoms with Crippen molar-refractivity contribution in [2.75, 3.05) is 7.05 Å². The lowest BCUT2D eigenvalue weighted by molar-refractivity contribution is -0.142. The molecule has 1 aromatic carbocycles. The van der Waals surface area contributed by atoms with Gasteiger partial charge >= 0.3 is 5.97 Å². The minimum Gasteiger partial charge on any atom is -0.508 e. The number of hydrogen-bond donors (Lipinski definition) is 2. The van der Waals surface area contributed by atoms with E-state index in [4.69, 9.17) is 24.4 Å². The van der Waals surface area contributed by atoms with Gasteiger partial charge in [0.25, 0.3) is 0 Å². The molecule has 0 aromatic heterocycles. The van der Waals surface area contributed by atoms with Gasteiger partial charge in [-0.15, -0.1) is 0 Å². The number of carboxylic acid groups (broad SMARTS) is 1. The molecule has 0 spiro atoms. The van der Waals surface area contributed by atoms with Gasteiger partial charge in [-0.2, -0.15) is 0 Å². The molecular weight excluding hydrogens is 548 g/mol. The van der Waals surface area contributed by atoms with Crippen LogP contribution in [-0.2, 0) is 10.2 Å². The van der Waals surface area contributed by atoms with Crippen molar-refractivity contribution in [3.8, 4) is 5.75 Å². The minimum atomic E-state index is -1.40. The lowest BCUT2D eigenvalue weighted by Gasteiger charge is -2.47. The van der Waals surface area contributed by atoms with E-state index in [1.807, 2.05) is 45.5 Å². The van der Waals surface area contributed by atoms with Gasteiger partial charge in [0.05, 0.1) is 5.41 Å². The molecule has 1 rings (SSSR count). The summed E-state index contributed by atoms with van der Waals surface area (Å²) in [6.07, 6.45) is 0. The zero-order valence-corrected chi connectivity index (χ0v) is 18.1. The molecule has 4 nitrogen and oxygen atoms in total. The van der Waals surface area contributed by atoms with E-state index < -0.39 is 14.9 Å². The highest BCUT2D eigenvalue weighted by atomic mass is 127. The van der Waals surface area contributed by atoms with Crippen LogP contribution >= 0.6 is 69.9 Å². The molecule has 0 heterocycles. The second-order valence-electron chi connectivity index (χ2n) is 4.81. The maximum absolute atomic E-state index is 12.1. The highest BCUT2D eigenvalue weighted by Gasteiger charge is 2.61. The van der Waals surface area contributed by atoms with Crippen molar-refractivity contribution in [3.63, 3.8) is 0 Å². The third kappa shape index (κ3) is 3.04. The lowest BCUT2D eigenvalue weighted by Crippen LogP contribution is -2.64. The normalized spacial score (nSPS) is 14.5. The van der Waals surface area contributed by atoms with E-state index >= 15 is 0 Å². The van der Waals surface area contributed by atoms with Crippen molar-refractivity contribution in [2.24, 2.45) is 0 Å². The molecule has 0 aliphatic carbocycles. The maximum Gasteiger partial charge on any atom is 0.336 e. The van der Waals surface area contributed by atoms with E-state index in [0.717, 1.165) is 0 Å². The quantitative estimate of drug-likeness (QED) is 0.180. The number of likely N-dealkylation sites (N-methyl/N-ethyl adjacent to an activating group) is 1. The first-order valence-corrected chi connectivity index (χ1v) is 9.02. The summed E-state index contributed by atoms with van der Waals surface area (Å²) >= 11 is 14.7. The van der Waals surface area contributed by atoms with E-state index in [0.29, 0.717) is 15.3 Å². The van der Waals surface area contributed by atoms with Crippen LogP contribution in [0, 0.1) is 0 Å². The fourth-order valence-electron chi connectivity index (χ4n) is 2.55. The smallest absolute Gasteiger partial charge is 0.336 e. The molecule has 2 N–H and O–H groups in total. The Bertz CT molecular complexity index is 605. The molecular formula is C14H15I2NO3S2. The number of halogens is 2. The first-order chi connectivity index (χ1) is 10.0. The fraction of sp³-hybridized carbons (Fsp3) is 0.357. The summed E-state index contributed by atoms with van der Waals surface area (Å²) in [6, 6.07) is 6.34. The monoisotopic (exact) mass is 563 g/mol. The summed E-state index contributed by atoms with van der Waals surface area (Å²) < 4.78 is 0.173. The van der Waals surface area contributed by atoms with E-state index in [1.165, 1.54) is 12.1 Å². The van der Waals surface area contributed by atoms with Gasteiger partial charge in [0.2, 0.25) is 0 Å². The van der Waals surface area contributed by atoms with Crippen molar-refractivity contribution in [1.82, 2.24) is 3.11 Å². The SMILES string of the molecule is CC(=S)C(C(C)=S)(c1ccc(O)cc1)[C@@](I)(C(=O)O)N(C)I. The molecule has 0 fully saturated rings. The van der Waals surface area contributed by atoms with E-state index in [1.54, 1.807) is 36.1 Å². The summed E-state index contributed by atoms with van der Waals surface area (Å²) in [6.45, 7) is 3.41. The molecule has 0 aliphatic rings. The summed E-state index contributed by atoms with van der Waals surface area (Å²) in [5.74, 6) is -0.939. The Morgan fingerprint density at radius 3 is 1.86 bits per heavy atom. The Labute approximate surface area is 167 Å². The molecule has 0 unspecified atom stereocenters. The van der Waals surface area contributed by atoms with Gasteiger partial charge in [-0.25, -0.2) is 7.91 Å². The second kappa shape index (κ2) is 7.32. The van der Waals surface area contributed by atoms with Crippen LogP contribution in [0.15, 0.2) is 24.3 Å². The van der Waals surface area contributed by atoms with Crippen LogP contribution in [0.1, 0.15) is 19.4 Å². The van der Waals surface area contributed by atoms with Gasteiger partial charge in [-0.1, -0.05) is 36.6 Å². The minimum absolute atomic E-state index is 0.0962. The number of benzene rings is 1. The van der Waals surface area contributed by atoms with E-state index in [9.17, 15) is 15.0 Å². The second-order valence-corrected chi connectivity index (χ2v) is 9.05. The van der Waals surface area contributed by atoms with Crippen molar-refractivity contribution in [3.05, 3.63) is 29.8 Å². The summed E-state index contributed by atoms with van der Waals surface area (Å²) in [4.78, 5) is 13.1. The average Bonchev–Trinajstić information content (AvgIpc) is 2.39. The zero-order chi connectivity index (χ0) is 17.3. The molecule has 0 aliphatic heterocycles. The topological polar surface area (TPSA) is 60.8 Å². The molecule has 1 atom stereocenters. The average molecular weight is 563 g/mol. The standard InChI is InChI=1S/C14H15I2NO3S2/c1-8(21)13(9(2)22,10-4-6-11(18)7-5-10)14(15,12(19)20)17(3)16/h4-7,18H,1-3H3,(H,19,20)/t14-/m1/s1. The van der Waals surface area contributed by atoms with Crippen molar-refractivity contribution >= 4 is 85.6 Å². The van der Waals surface area contributed by atoms with Crippen LogP contribution in [0.4, 0.5) is 0 Å². The van der Waals surface area contributed by atoms with Crippen molar-refractivity contribution < 1.29 is 15.0 Å². The van der Waals surface area contributed by atoms with Crippen LogP contribution in [0.3, 0.4) is 0 Å². The molecule has 120 valence electrons. The van der Waals surface area contributed by atoms with Gasteiger partial charge in [-0.3, -0.25) is 0 Å². The summed E-state index contributed by atoms with van der Waals surface area (Å²) in [7, 11) is 1.67. The Kier molecular flexibility index (Phi) is 6.70.